The second-order valence-corrected chi connectivity index (χ2v) is 5.66. The number of thiophene rings is 1. The molecule has 0 radical (unpaired) electrons. The monoisotopic (exact) mass is 343 g/mol. The van der Waals surface area contributed by atoms with E-state index in [0.29, 0.717) is 0 Å². The molecule has 0 fully saturated rings. The molecular weight excluding hydrogens is 333 g/mol. The van der Waals surface area contributed by atoms with Crippen LogP contribution in [0.4, 0.5) is 5.69 Å². The van der Waals surface area contributed by atoms with E-state index in [0.717, 1.165) is 19.7 Å². The zero-order chi connectivity index (χ0) is 11.5. The fourth-order valence-corrected chi connectivity index (χ4v) is 2.52. The van der Waals surface area contributed by atoms with E-state index in [1.54, 1.807) is 11.3 Å². The number of nitrogens with one attached hydrogen (secondary N) is 1. The Balaban J connectivity index is 2.17. The Kier molecular flexibility index (Phi) is 3.60. The third kappa shape index (κ3) is 2.62. The summed E-state index contributed by atoms with van der Waals surface area (Å²) in [5.41, 5.74) is 1.58. The van der Waals surface area contributed by atoms with Crippen molar-refractivity contribution in [3.63, 3.8) is 0 Å². The highest BCUT2D eigenvalue weighted by Crippen LogP contribution is 2.19. The zero-order valence-electron chi connectivity index (χ0n) is 8.66. The van der Waals surface area contributed by atoms with Gasteiger partial charge in [0.05, 0.1) is 11.3 Å². The maximum Gasteiger partial charge on any atom is 0.256 e. The third-order valence-electron chi connectivity index (χ3n) is 2.11. The van der Waals surface area contributed by atoms with E-state index < -0.39 is 0 Å². The summed E-state index contributed by atoms with van der Waals surface area (Å²) >= 11 is 3.79. The van der Waals surface area contributed by atoms with E-state index in [1.165, 1.54) is 0 Å². The molecule has 1 N–H and O–H groups in total. The van der Waals surface area contributed by atoms with Gasteiger partial charge in [0.15, 0.2) is 0 Å². The molecule has 2 rings (SSSR count). The van der Waals surface area contributed by atoms with Crippen molar-refractivity contribution in [1.82, 2.24) is 0 Å². The molecule has 2 aromatic rings. The number of amides is 1. The first-order chi connectivity index (χ1) is 7.66. The van der Waals surface area contributed by atoms with Gasteiger partial charge in [-0.05, 0) is 47.7 Å². The minimum atomic E-state index is -0.0477. The topological polar surface area (TPSA) is 29.1 Å². The Morgan fingerprint density at radius 3 is 2.75 bits per heavy atom. The van der Waals surface area contributed by atoms with Crippen LogP contribution in [0.15, 0.2) is 35.7 Å². The van der Waals surface area contributed by atoms with Crippen LogP contribution in [-0.2, 0) is 0 Å². The van der Waals surface area contributed by atoms with Crippen molar-refractivity contribution >= 4 is 45.5 Å². The molecule has 0 bridgehead atoms. The molecule has 1 amide bonds. The Labute approximate surface area is 112 Å². The first-order valence-corrected chi connectivity index (χ1v) is 6.73. The van der Waals surface area contributed by atoms with Gasteiger partial charge >= 0.3 is 0 Å². The summed E-state index contributed by atoms with van der Waals surface area (Å²) in [4.78, 5) is 13.0. The fourth-order valence-electron chi connectivity index (χ4n) is 1.32. The molecule has 1 aromatic carbocycles. The molecule has 0 unspecified atom stereocenters. The Hall–Kier alpha value is -0.880. The molecule has 0 aliphatic rings. The molecular formula is C12H10INOS. The van der Waals surface area contributed by atoms with Gasteiger partial charge in [0, 0.05) is 13.8 Å². The second-order valence-electron chi connectivity index (χ2n) is 3.38. The van der Waals surface area contributed by atoms with E-state index in [2.05, 4.69) is 27.9 Å². The Bertz CT molecular complexity index is 521. The Morgan fingerprint density at radius 2 is 2.12 bits per heavy atom. The van der Waals surface area contributed by atoms with Gasteiger partial charge in [0.25, 0.3) is 5.91 Å². The number of carbonyl (C=O) groups is 1. The predicted molar refractivity (Wildman–Crippen MR) is 76.2 cm³/mol. The summed E-state index contributed by atoms with van der Waals surface area (Å²) in [6.07, 6.45) is 0. The smallest absolute Gasteiger partial charge is 0.256 e. The van der Waals surface area contributed by atoms with E-state index in [-0.39, 0.29) is 5.91 Å². The number of hydrogen-bond donors (Lipinski definition) is 1. The number of aryl methyl sites for hydroxylation is 1. The molecule has 0 spiro atoms. The lowest BCUT2D eigenvalue weighted by atomic mass is 10.2. The molecule has 4 heteroatoms. The summed E-state index contributed by atoms with van der Waals surface area (Å²) in [5, 5.41) is 4.78. The van der Waals surface area contributed by atoms with Crippen LogP contribution in [0, 0.1) is 10.5 Å². The van der Waals surface area contributed by atoms with Crippen molar-refractivity contribution in [3.8, 4) is 0 Å². The van der Waals surface area contributed by atoms with Crippen molar-refractivity contribution < 1.29 is 4.79 Å². The summed E-state index contributed by atoms with van der Waals surface area (Å²) in [6.45, 7) is 1.99. The van der Waals surface area contributed by atoms with Crippen LogP contribution >= 0.6 is 33.9 Å². The van der Waals surface area contributed by atoms with Gasteiger partial charge in [-0.3, -0.25) is 4.79 Å². The van der Waals surface area contributed by atoms with Crippen LogP contribution < -0.4 is 5.32 Å². The minimum absolute atomic E-state index is 0.0477. The molecule has 16 heavy (non-hydrogen) atoms. The molecule has 2 nitrogen and oxygen atoms in total. The molecule has 0 saturated heterocycles. The standard InChI is InChI=1S/C12H10INOS/c1-8-6-9(7-16-8)12(15)14-11-5-3-2-4-10(11)13/h2-7H,1H3,(H,14,15). The lowest BCUT2D eigenvalue weighted by molar-refractivity contribution is 0.102. The molecule has 0 atom stereocenters. The Morgan fingerprint density at radius 1 is 1.38 bits per heavy atom. The molecule has 82 valence electrons. The van der Waals surface area contributed by atoms with Crippen LogP contribution in [-0.4, -0.2) is 5.91 Å². The molecule has 1 heterocycles. The van der Waals surface area contributed by atoms with Gasteiger partial charge in [0.2, 0.25) is 0 Å². The van der Waals surface area contributed by atoms with Gasteiger partial charge in [-0.25, -0.2) is 0 Å². The molecule has 1 aromatic heterocycles. The quantitative estimate of drug-likeness (QED) is 0.823. The summed E-state index contributed by atoms with van der Waals surface area (Å²) in [7, 11) is 0. The minimum Gasteiger partial charge on any atom is -0.321 e. The lowest BCUT2D eigenvalue weighted by Crippen LogP contribution is -2.11. The van der Waals surface area contributed by atoms with E-state index >= 15 is 0 Å². The number of benzene rings is 1. The van der Waals surface area contributed by atoms with Crippen LogP contribution in [0.25, 0.3) is 0 Å². The van der Waals surface area contributed by atoms with E-state index in [9.17, 15) is 4.79 Å². The number of carbonyl (C=O) groups excluding carboxylic acids is 1. The van der Waals surface area contributed by atoms with E-state index in [4.69, 9.17) is 0 Å². The fraction of sp³-hybridized carbons (Fsp3) is 0.0833. The SMILES string of the molecule is Cc1cc(C(=O)Nc2ccccc2I)cs1. The third-order valence-corrected chi connectivity index (χ3v) is 3.92. The molecule has 0 aliphatic heterocycles. The van der Waals surface area contributed by atoms with Gasteiger partial charge in [-0.1, -0.05) is 12.1 Å². The van der Waals surface area contributed by atoms with Crippen molar-refractivity contribution in [2.45, 2.75) is 6.92 Å². The van der Waals surface area contributed by atoms with Crippen molar-refractivity contribution in [2.75, 3.05) is 5.32 Å². The number of rotatable bonds is 2. The lowest BCUT2D eigenvalue weighted by Gasteiger charge is -2.05. The molecule has 0 aliphatic carbocycles. The van der Waals surface area contributed by atoms with Gasteiger partial charge in [-0.2, -0.15) is 0 Å². The highest BCUT2D eigenvalue weighted by molar-refractivity contribution is 14.1. The molecule has 0 saturated carbocycles. The second kappa shape index (κ2) is 4.97. The summed E-state index contributed by atoms with van der Waals surface area (Å²) in [6, 6.07) is 9.63. The van der Waals surface area contributed by atoms with Gasteiger partial charge in [0.1, 0.15) is 0 Å². The average Bonchev–Trinajstić information content (AvgIpc) is 2.68. The number of halogens is 1. The maximum atomic E-state index is 11.9. The van der Waals surface area contributed by atoms with Crippen LogP contribution in [0.2, 0.25) is 0 Å². The average molecular weight is 343 g/mol. The van der Waals surface area contributed by atoms with Gasteiger partial charge in [-0.15, -0.1) is 11.3 Å². The highest BCUT2D eigenvalue weighted by atomic mass is 127. The first kappa shape index (κ1) is 11.6. The normalized spacial score (nSPS) is 10.1. The first-order valence-electron chi connectivity index (χ1n) is 4.78. The number of hydrogen-bond acceptors (Lipinski definition) is 2. The maximum absolute atomic E-state index is 11.9. The van der Waals surface area contributed by atoms with Crippen molar-refractivity contribution in [3.05, 3.63) is 49.7 Å². The van der Waals surface area contributed by atoms with Crippen LogP contribution in [0.1, 0.15) is 15.2 Å². The van der Waals surface area contributed by atoms with Crippen LogP contribution in [0.3, 0.4) is 0 Å². The predicted octanol–water partition coefficient (Wildman–Crippen LogP) is 3.91. The summed E-state index contributed by atoms with van der Waals surface area (Å²) < 4.78 is 1.04. The van der Waals surface area contributed by atoms with Crippen molar-refractivity contribution in [1.29, 1.82) is 0 Å². The van der Waals surface area contributed by atoms with Crippen LogP contribution in [0.5, 0.6) is 0 Å². The van der Waals surface area contributed by atoms with Gasteiger partial charge < -0.3 is 5.32 Å². The zero-order valence-corrected chi connectivity index (χ0v) is 11.6. The van der Waals surface area contributed by atoms with E-state index in [1.807, 2.05) is 42.6 Å². The largest absolute Gasteiger partial charge is 0.321 e. The van der Waals surface area contributed by atoms with Crippen molar-refractivity contribution in [2.24, 2.45) is 0 Å². The number of anilines is 1. The highest BCUT2D eigenvalue weighted by Gasteiger charge is 2.08. The summed E-state index contributed by atoms with van der Waals surface area (Å²) in [5.74, 6) is -0.0477. The number of para-hydroxylation sites is 1.